The van der Waals surface area contributed by atoms with Gasteiger partial charge in [-0.05, 0) is 44.6 Å². The molecule has 0 amide bonds. The van der Waals surface area contributed by atoms with Gasteiger partial charge in [-0.3, -0.25) is 4.99 Å². The fraction of sp³-hybridized carbons (Fsp3) is 0.667. The number of ether oxygens (including phenoxy) is 2. The van der Waals surface area contributed by atoms with Crippen molar-refractivity contribution in [3.63, 3.8) is 0 Å². The van der Waals surface area contributed by atoms with Crippen LogP contribution in [-0.2, 0) is 9.47 Å². The van der Waals surface area contributed by atoms with Crippen LogP contribution in [0.2, 0.25) is 0 Å². The van der Waals surface area contributed by atoms with Crippen LogP contribution in [0, 0.1) is 12.8 Å². The zero-order valence-corrected chi connectivity index (χ0v) is 16.6. The highest BCUT2D eigenvalue weighted by molar-refractivity contribution is 5.79. The molecule has 0 spiro atoms. The van der Waals surface area contributed by atoms with Crippen LogP contribution in [0.25, 0.3) is 0 Å². The quantitative estimate of drug-likeness (QED) is 0.402. The van der Waals surface area contributed by atoms with Crippen molar-refractivity contribution in [2.45, 2.75) is 45.1 Å². The molecule has 1 aromatic rings. The van der Waals surface area contributed by atoms with Crippen molar-refractivity contribution < 1.29 is 9.47 Å². The molecule has 26 heavy (non-hydrogen) atoms. The molecular formula is C21H35N3O2. The van der Waals surface area contributed by atoms with Gasteiger partial charge in [0.2, 0.25) is 0 Å². The maximum atomic E-state index is 6.11. The minimum absolute atomic E-state index is 0.170. The lowest BCUT2D eigenvalue weighted by Crippen LogP contribution is -2.42. The molecule has 2 unspecified atom stereocenters. The number of hydrogen-bond donors (Lipinski definition) is 2. The number of rotatable bonds is 9. The molecular weight excluding hydrogens is 326 g/mol. The van der Waals surface area contributed by atoms with E-state index in [1.165, 1.54) is 24.0 Å². The van der Waals surface area contributed by atoms with Crippen molar-refractivity contribution >= 4 is 5.96 Å². The molecule has 0 aliphatic carbocycles. The number of hydrogen-bond acceptors (Lipinski definition) is 3. The van der Waals surface area contributed by atoms with Gasteiger partial charge in [-0.2, -0.15) is 0 Å². The molecule has 2 rings (SSSR count). The Labute approximate surface area is 158 Å². The standard InChI is InChI=1S/C21H35N3O2/c1-17-9-11-18(12-10-17)20-19(8-7-15-26-20)16-24-21(22-2)23-13-5-4-6-14-25-3/h9-12,19-20H,4-8,13-16H2,1-3H3,(H2,22,23,24). The first-order valence-electron chi connectivity index (χ1n) is 9.86. The van der Waals surface area contributed by atoms with Gasteiger partial charge >= 0.3 is 0 Å². The zero-order chi connectivity index (χ0) is 18.6. The van der Waals surface area contributed by atoms with Gasteiger partial charge < -0.3 is 20.1 Å². The molecule has 1 aliphatic rings. The molecule has 0 aromatic heterocycles. The Hall–Kier alpha value is -1.59. The number of unbranched alkanes of at least 4 members (excludes halogenated alkanes) is 2. The van der Waals surface area contributed by atoms with E-state index in [4.69, 9.17) is 9.47 Å². The highest BCUT2D eigenvalue weighted by Crippen LogP contribution is 2.33. The number of nitrogens with one attached hydrogen (secondary N) is 2. The van der Waals surface area contributed by atoms with E-state index >= 15 is 0 Å². The molecule has 1 saturated heterocycles. The molecule has 5 heteroatoms. The summed E-state index contributed by atoms with van der Waals surface area (Å²) in [7, 11) is 3.58. The van der Waals surface area contributed by atoms with Gasteiger partial charge in [0.05, 0.1) is 6.10 Å². The molecule has 1 fully saturated rings. The molecule has 2 N–H and O–H groups in total. The van der Waals surface area contributed by atoms with Crippen LogP contribution in [0.15, 0.2) is 29.3 Å². The third kappa shape index (κ3) is 6.96. The maximum absolute atomic E-state index is 6.11. The van der Waals surface area contributed by atoms with Crippen LogP contribution in [-0.4, -0.2) is 46.4 Å². The number of methoxy groups -OCH3 is 1. The number of benzene rings is 1. The van der Waals surface area contributed by atoms with Crippen molar-refractivity contribution in [1.29, 1.82) is 0 Å². The van der Waals surface area contributed by atoms with Crippen LogP contribution < -0.4 is 10.6 Å². The van der Waals surface area contributed by atoms with Gasteiger partial charge in [0.1, 0.15) is 0 Å². The SMILES string of the molecule is CN=C(NCCCCCOC)NCC1CCCOC1c1ccc(C)cc1. The highest BCUT2D eigenvalue weighted by Gasteiger charge is 2.27. The lowest BCUT2D eigenvalue weighted by molar-refractivity contribution is -0.0265. The molecule has 1 heterocycles. The van der Waals surface area contributed by atoms with E-state index in [-0.39, 0.29) is 6.10 Å². The molecule has 1 aromatic carbocycles. The number of aliphatic imine (C=N–C) groups is 1. The Morgan fingerprint density at radius 2 is 2.00 bits per heavy atom. The lowest BCUT2D eigenvalue weighted by Gasteiger charge is -2.32. The van der Waals surface area contributed by atoms with E-state index in [0.29, 0.717) is 5.92 Å². The summed E-state index contributed by atoms with van der Waals surface area (Å²) in [5, 5.41) is 6.89. The molecule has 2 atom stereocenters. The van der Waals surface area contributed by atoms with Gasteiger partial charge in [-0.25, -0.2) is 0 Å². The second-order valence-electron chi connectivity index (χ2n) is 7.04. The summed E-state index contributed by atoms with van der Waals surface area (Å²) < 4.78 is 11.2. The van der Waals surface area contributed by atoms with Crippen molar-refractivity contribution in [2.75, 3.05) is 40.5 Å². The van der Waals surface area contributed by atoms with Gasteiger partial charge in [0.15, 0.2) is 5.96 Å². The topological polar surface area (TPSA) is 54.9 Å². The van der Waals surface area contributed by atoms with Crippen molar-refractivity contribution in [1.82, 2.24) is 10.6 Å². The smallest absolute Gasteiger partial charge is 0.190 e. The third-order valence-electron chi connectivity index (χ3n) is 4.92. The van der Waals surface area contributed by atoms with Gasteiger partial charge in [0.25, 0.3) is 0 Å². The largest absolute Gasteiger partial charge is 0.385 e. The maximum Gasteiger partial charge on any atom is 0.190 e. The minimum Gasteiger partial charge on any atom is -0.385 e. The number of nitrogens with zero attached hydrogens (tertiary/aromatic N) is 1. The normalized spacial score (nSPS) is 20.8. The number of aryl methyl sites for hydroxylation is 1. The Morgan fingerprint density at radius 1 is 1.19 bits per heavy atom. The summed E-state index contributed by atoms with van der Waals surface area (Å²) in [6.45, 7) is 5.63. The first-order valence-corrected chi connectivity index (χ1v) is 9.86. The predicted octanol–water partition coefficient (Wildman–Crippen LogP) is 3.44. The fourth-order valence-corrected chi connectivity index (χ4v) is 3.38. The van der Waals surface area contributed by atoms with Gasteiger partial charge in [-0.15, -0.1) is 0 Å². The van der Waals surface area contributed by atoms with E-state index in [1.807, 2.05) is 7.05 Å². The van der Waals surface area contributed by atoms with E-state index in [9.17, 15) is 0 Å². The second-order valence-corrected chi connectivity index (χ2v) is 7.04. The average molecular weight is 362 g/mol. The van der Waals surface area contributed by atoms with Crippen molar-refractivity contribution in [3.8, 4) is 0 Å². The zero-order valence-electron chi connectivity index (χ0n) is 16.6. The van der Waals surface area contributed by atoms with Gasteiger partial charge in [-0.1, -0.05) is 29.8 Å². The number of guanidine groups is 1. The van der Waals surface area contributed by atoms with Crippen molar-refractivity contribution in [3.05, 3.63) is 35.4 Å². The summed E-state index contributed by atoms with van der Waals surface area (Å²) in [6.07, 6.45) is 5.89. The first-order chi connectivity index (χ1) is 12.7. The summed E-state index contributed by atoms with van der Waals surface area (Å²) >= 11 is 0. The monoisotopic (exact) mass is 361 g/mol. The second kappa shape index (κ2) is 11.9. The Bertz CT molecular complexity index is 531. The van der Waals surface area contributed by atoms with Crippen LogP contribution in [0.4, 0.5) is 0 Å². The van der Waals surface area contributed by atoms with E-state index < -0.39 is 0 Å². The predicted molar refractivity (Wildman–Crippen MR) is 108 cm³/mol. The van der Waals surface area contributed by atoms with E-state index in [1.54, 1.807) is 7.11 Å². The van der Waals surface area contributed by atoms with E-state index in [2.05, 4.69) is 46.8 Å². The van der Waals surface area contributed by atoms with Crippen LogP contribution >= 0.6 is 0 Å². The van der Waals surface area contributed by atoms with Crippen molar-refractivity contribution in [2.24, 2.45) is 10.9 Å². The Balaban J connectivity index is 1.78. The molecule has 0 saturated carbocycles. The molecule has 1 aliphatic heterocycles. The highest BCUT2D eigenvalue weighted by atomic mass is 16.5. The summed E-state index contributed by atoms with van der Waals surface area (Å²) in [5.41, 5.74) is 2.57. The molecule has 146 valence electrons. The van der Waals surface area contributed by atoms with Crippen LogP contribution in [0.3, 0.4) is 0 Å². The third-order valence-corrected chi connectivity index (χ3v) is 4.92. The van der Waals surface area contributed by atoms with E-state index in [0.717, 1.165) is 51.5 Å². The van der Waals surface area contributed by atoms with Crippen LogP contribution in [0.1, 0.15) is 49.3 Å². The molecule has 0 radical (unpaired) electrons. The van der Waals surface area contributed by atoms with Gasteiger partial charge in [0, 0.05) is 46.4 Å². The summed E-state index contributed by atoms with van der Waals surface area (Å²) in [4.78, 5) is 4.34. The summed E-state index contributed by atoms with van der Waals surface area (Å²) in [6, 6.07) is 8.74. The fourth-order valence-electron chi connectivity index (χ4n) is 3.38. The summed E-state index contributed by atoms with van der Waals surface area (Å²) in [5.74, 6) is 1.34. The Kier molecular flexibility index (Phi) is 9.50. The lowest BCUT2D eigenvalue weighted by atomic mass is 9.89. The molecule has 0 bridgehead atoms. The Morgan fingerprint density at radius 3 is 2.73 bits per heavy atom. The minimum atomic E-state index is 0.170. The molecule has 5 nitrogen and oxygen atoms in total. The average Bonchev–Trinajstić information content (AvgIpc) is 2.68. The van der Waals surface area contributed by atoms with Crippen LogP contribution in [0.5, 0.6) is 0 Å². The first kappa shape index (κ1) is 20.7.